The SMILES string of the molecule is CC(=O)SCC(C)C(=O)N1CC(c2ccc(-c3ccccc3)cc2)C[C@H]1C(=O)O. The smallest absolute Gasteiger partial charge is 0.326 e. The molecule has 2 aromatic carbocycles. The molecule has 1 aliphatic rings. The Balaban J connectivity index is 1.74. The molecule has 3 rings (SSSR count). The summed E-state index contributed by atoms with van der Waals surface area (Å²) in [6.45, 7) is 3.60. The van der Waals surface area contributed by atoms with Crippen molar-refractivity contribution in [1.82, 2.24) is 4.90 Å². The van der Waals surface area contributed by atoms with E-state index in [2.05, 4.69) is 0 Å². The number of aliphatic carboxylic acids is 1. The predicted octanol–water partition coefficient (Wildman–Crippen LogP) is 4.04. The number of rotatable bonds is 6. The van der Waals surface area contributed by atoms with Crippen LogP contribution in [0.1, 0.15) is 31.7 Å². The van der Waals surface area contributed by atoms with Crippen LogP contribution in [0.3, 0.4) is 0 Å². The standard InChI is InChI=1S/C23H25NO4S/c1-15(14-29-16(2)25)22(26)24-13-20(12-21(24)23(27)28)19-10-8-18(9-11-19)17-6-4-3-5-7-17/h3-11,15,20-21H,12-14H2,1-2H3,(H,27,28)/t15?,20?,21-/m0/s1. The summed E-state index contributed by atoms with van der Waals surface area (Å²) < 4.78 is 0. The first-order valence-corrected chi connectivity index (χ1v) is 10.7. The lowest BCUT2D eigenvalue weighted by atomic mass is 9.94. The Morgan fingerprint density at radius 3 is 2.28 bits per heavy atom. The highest BCUT2D eigenvalue weighted by atomic mass is 32.2. The minimum atomic E-state index is -0.979. The summed E-state index contributed by atoms with van der Waals surface area (Å²) in [6, 6.07) is 17.4. The molecule has 0 spiro atoms. The molecule has 1 amide bonds. The lowest BCUT2D eigenvalue weighted by molar-refractivity contribution is -0.149. The van der Waals surface area contributed by atoms with Crippen LogP contribution in [0, 0.1) is 5.92 Å². The topological polar surface area (TPSA) is 74.7 Å². The highest BCUT2D eigenvalue weighted by Gasteiger charge is 2.41. The molecular formula is C23H25NO4S. The summed E-state index contributed by atoms with van der Waals surface area (Å²) in [4.78, 5) is 37.2. The van der Waals surface area contributed by atoms with Crippen LogP contribution < -0.4 is 0 Å². The van der Waals surface area contributed by atoms with Gasteiger partial charge in [0.05, 0.1) is 0 Å². The van der Waals surface area contributed by atoms with Crippen LogP contribution in [0.15, 0.2) is 54.6 Å². The number of thioether (sulfide) groups is 1. The molecule has 2 unspecified atom stereocenters. The summed E-state index contributed by atoms with van der Waals surface area (Å²) in [5.74, 6) is -1.22. The molecule has 2 aromatic rings. The number of carbonyl (C=O) groups excluding carboxylic acids is 2. The quantitative estimate of drug-likeness (QED) is 0.777. The number of hydrogen-bond donors (Lipinski definition) is 1. The van der Waals surface area contributed by atoms with Gasteiger partial charge >= 0.3 is 5.97 Å². The fraction of sp³-hybridized carbons (Fsp3) is 0.348. The lowest BCUT2D eigenvalue weighted by Crippen LogP contribution is -2.43. The van der Waals surface area contributed by atoms with Crippen molar-refractivity contribution >= 4 is 28.8 Å². The molecule has 1 fully saturated rings. The van der Waals surface area contributed by atoms with Crippen molar-refractivity contribution in [2.24, 2.45) is 5.92 Å². The summed E-state index contributed by atoms with van der Waals surface area (Å²) in [6.07, 6.45) is 0.401. The first-order chi connectivity index (χ1) is 13.9. The van der Waals surface area contributed by atoms with Gasteiger partial charge in [0.15, 0.2) is 5.12 Å². The van der Waals surface area contributed by atoms with Gasteiger partial charge < -0.3 is 10.0 Å². The zero-order valence-electron chi connectivity index (χ0n) is 16.6. The van der Waals surface area contributed by atoms with Crippen LogP contribution in [0.2, 0.25) is 0 Å². The predicted molar refractivity (Wildman–Crippen MR) is 115 cm³/mol. The van der Waals surface area contributed by atoms with Crippen LogP contribution in [0.25, 0.3) is 11.1 Å². The number of likely N-dealkylation sites (tertiary alicyclic amines) is 1. The molecule has 1 saturated heterocycles. The fourth-order valence-electron chi connectivity index (χ4n) is 3.73. The van der Waals surface area contributed by atoms with E-state index in [4.69, 9.17) is 0 Å². The third-order valence-corrected chi connectivity index (χ3v) is 6.39. The third-order valence-electron chi connectivity index (χ3n) is 5.32. The molecule has 0 bridgehead atoms. The van der Waals surface area contributed by atoms with Gasteiger partial charge in [0.1, 0.15) is 6.04 Å². The van der Waals surface area contributed by atoms with Crippen molar-refractivity contribution in [3.05, 3.63) is 60.2 Å². The normalized spacial score (nSPS) is 19.7. The van der Waals surface area contributed by atoms with E-state index in [-0.39, 0.29) is 16.9 Å². The summed E-state index contributed by atoms with van der Waals surface area (Å²) in [7, 11) is 0. The average molecular weight is 412 g/mol. The second kappa shape index (κ2) is 9.27. The number of benzene rings is 2. The van der Waals surface area contributed by atoms with Gasteiger partial charge in [0.25, 0.3) is 0 Å². The molecule has 1 heterocycles. The number of carboxylic acids is 1. The Morgan fingerprint density at radius 2 is 1.69 bits per heavy atom. The summed E-state index contributed by atoms with van der Waals surface area (Å²) in [5.41, 5.74) is 3.27. The Labute approximate surface area is 175 Å². The fourth-order valence-corrected chi connectivity index (χ4v) is 4.36. The van der Waals surface area contributed by atoms with E-state index in [0.717, 1.165) is 28.5 Å². The van der Waals surface area contributed by atoms with Crippen LogP contribution in [-0.4, -0.2) is 45.3 Å². The Hall–Kier alpha value is -2.60. The number of carboxylic acid groups (broad SMARTS) is 1. The molecule has 1 aliphatic heterocycles. The van der Waals surface area contributed by atoms with E-state index in [1.165, 1.54) is 11.8 Å². The molecule has 1 N–H and O–H groups in total. The van der Waals surface area contributed by atoms with Crippen molar-refractivity contribution < 1.29 is 19.5 Å². The zero-order chi connectivity index (χ0) is 21.0. The molecule has 29 heavy (non-hydrogen) atoms. The van der Waals surface area contributed by atoms with E-state index in [1.54, 1.807) is 6.92 Å². The van der Waals surface area contributed by atoms with E-state index in [1.807, 2.05) is 54.6 Å². The maximum atomic E-state index is 12.8. The molecule has 5 nitrogen and oxygen atoms in total. The largest absolute Gasteiger partial charge is 0.480 e. The van der Waals surface area contributed by atoms with E-state index < -0.39 is 17.9 Å². The second-order valence-corrected chi connectivity index (χ2v) is 8.67. The van der Waals surface area contributed by atoms with Gasteiger partial charge in [-0.3, -0.25) is 9.59 Å². The summed E-state index contributed by atoms with van der Waals surface area (Å²) in [5, 5.41) is 9.59. The lowest BCUT2D eigenvalue weighted by Gasteiger charge is -2.24. The molecule has 0 saturated carbocycles. The monoisotopic (exact) mass is 411 g/mol. The van der Waals surface area contributed by atoms with Crippen molar-refractivity contribution in [3.8, 4) is 11.1 Å². The van der Waals surface area contributed by atoms with Gasteiger partial charge in [-0.2, -0.15) is 0 Å². The van der Waals surface area contributed by atoms with Gasteiger partial charge in [-0.25, -0.2) is 4.79 Å². The van der Waals surface area contributed by atoms with Crippen LogP contribution in [0.4, 0.5) is 0 Å². The van der Waals surface area contributed by atoms with Crippen molar-refractivity contribution in [1.29, 1.82) is 0 Å². The van der Waals surface area contributed by atoms with Crippen LogP contribution in [-0.2, 0) is 14.4 Å². The highest BCUT2D eigenvalue weighted by Crippen LogP contribution is 2.34. The molecule has 0 aromatic heterocycles. The highest BCUT2D eigenvalue weighted by molar-refractivity contribution is 8.13. The first-order valence-electron chi connectivity index (χ1n) is 9.69. The van der Waals surface area contributed by atoms with E-state index in [0.29, 0.717) is 18.7 Å². The molecule has 152 valence electrons. The average Bonchev–Trinajstić information content (AvgIpc) is 3.18. The van der Waals surface area contributed by atoms with Gasteiger partial charge in [-0.1, -0.05) is 73.3 Å². The Bertz CT molecular complexity index is 882. The second-order valence-electron chi connectivity index (χ2n) is 7.47. The van der Waals surface area contributed by atoms with E-state index in [9.17, 15) is 19.5 Å². The van der Waals surface area contributed by atoms with Gasteiger partial charge in [0, 0.05) is 31.1 Å². The van der Waals surface area contributed by atoms with Crippen LogP contribution in [0.5, 0.6) is 0 Å². The van der Waals surface area contributed by atoms with Gasteiger partial charge in [-0.15, -0.1) is 0 Å². The van der Waals surface area contributed by atoms with Crippen molar-refractivity contribution in [2.45, 2.75) is 32.2 Å². The summed E-state index contributed by atoms with van der Waals surface area (Å²) >= 11 is 1.10. The van der Waals surface area contributed by atoms with E-state index >= 15 is 0 Å². The molecule has 6 heteroatoms. The van der Waals surface area contributed by atoms with Crippen molar-refractivity contribution in [2.75, 3.05) is 12.3 Å². The van der Waals surface area contributed by atoms with Gasteiger partial charge in [0.2, 0.25) is 5.91 Å². The number of nitrogens with zero attached hydrogens (tertiary/aromatic N) is 1. The molecular weight excluding hydrogens is 386 g/mol. The molecule has 3 atom stereocenters. The third kappa shape index (κ3) is 5.07. The minimum Gasteiger partial charge on any atom is -0.480 e. The maximum absolute atomic E-state index is 12.8. The minimum absolute atomic E-state index is 0.0162. The Morgan fingerprint density at radius 1 is 1.07 bits per heavy atom. The van der Waals surface area contributed by atoms with Gasteiger partial charge in [-0.05, 0) is 23.1 Å². The van der Waals surface area contributed by atoms with Crippen LogP contribution >= 0.6 is 11.8 Å². The maximum Gasteiger partial charge on any atom is 0.326 e. The van der Waals surface area contributed by atoms with Crippen molar-refractivity contribution in [3.63, 3.8) is 0 Å². The first kappa shape index (κ1) is 21.1. The number of hydrogen-bond acceptors (Lipinski definition) is 4. The molecule has 0 aliphatic carbocycles. The number of carbonyl (C=O) groups is 3. The zero-order valence-corrected chi connectivity index (χ0v) is 17.4. The molecule has 0 radical (unpaired) electrons. The Kier molecular flexibility index (Phi) is 6.75. The number of amides is 1.